The van der Waals surface area contributed by atoms with Crippen LogP contribution in [0.2, 0.25) is 5.02 Å². The lowest BCUT2D eigenvalue weighted by atomic mass is 10.2. The van der Waals surface area contributed by atoms with E-state index in [2.05, 4.69) is 10.6 Å². The molecular formula is C12H14ClNO2S. The molecule has 1 rings (SSSR count). The van der Waals surface area contributed by atoms with Crippen molar-refractivity contribution in [3.05, 3.63) is 29.3 Å². The molecule has 1 aromatic carbocycles. The number of hydrogen-bond donors (Lipinski definition) is 1. The van der Waals surface area contributed by atoms with Gasteiger partial charge in [-0.15, -0.1) is 6.42 Å². The first-order valence-electron chi connectivity index (χ1n) is 5.23. The number of benzene rings is 1. The van der Waals surface area contributed by atoms with Crippen molar-refractivity contribution in [2.75, 3.05) is 0 Å². The summed E-state index contributed by atoms with van der Waals surface area (Å²) in [5.41, 5.74) is 0. The Balaban J connectivity index is 2.93. The lowest BCUT2D eigenvalue weighted by molar-refractivity contribution is 0.564. The van der Waals surface area contributed by atoms with E-state index in [1.807, 2.05) is 6.92 Å². The highest BCUT2D eigenvalue weighted by Gasteiger charge is 2.18. The van der Waals surface area contributed by atoms with Crippen molar-refractivity contribution in [2.45, 2.75) is 30.7 Å². The van der Waals surface area contributed by atoms with Crippen molar-refractivity contribution in [1.82, 2.24) is 4.72 Å². The van der Waals surface area contributed by atoms with Gasteiger partial charge in [-0.25, -0.2) is 8.42 Å². The minimum absolute atomic E-state index is 0.126. The van der Waals surface area contributed by atoms with Crippen LogP contribution in [0.3, 0.4) is 0 Å². The van der Waals surface area contributed by atoms with Crippen LogP contribution in [0, 0.1) is 12.3 Å². The van der Waals surface area contributed by atoms with Gasteiger partial charge in [0.15, 0.2) is 0 Å². The molecule has 0 bridgehead atoms. The lowest BCUT2D eigenvalue weighted by Gasteiger charge is -2.12. The van der Waals surface area contributed by atoms with Gasteiger partial charge in [0.25, 0.3) is 0 Å². The Morgan fingerprint density at radius 1 is 1.53 bits per heavy atom. The van der Waals surface area contributed by atoms with Crippen LogP contribution in [0.1, 0.15) is 19.8 Å². The number of sulfonamides is 1. The predicted octanol–water partition coefficient (Wildman–Crippen LogP) is 2.42. The molecule has 0 spiro atoms. The number of nitrogens with one attached hydrogen (secondary N) is 1. The molecule has 17 heavy (non-hydrogen) atoms. The SMILES string of the molecule is C#CC(CCC)NS(=O)(=O)c1cccc(Cl)c1. The van der Waals surface area contributed by atoms with Crippen LogP contribution in [-0.4, -0.2) is 14.5 Å². The zero-order chi connectivity index (χ0) is 12.9. The van der Waals surface area contributed by atoms with Crippen LogP contribution >= 0.6 is 11.6 Å². The molecule has 0 radical (unpaired) electrons. The normalized spacial score (nSPS) is 13.0. The van der Waals surface area contributed by atoms with Crippen molar-refractivity contribution in [3.63, 3.8) is 0 Å². The third-order valence-electron chi connectivity index (χ3n) is 2.18. The minimum Gasteiger partial charge on any atom is -0.207 e. The molecule has 0 aromatic heterocycles. The summed E-state index contributed by atoms with van der Waals surface area (Å²) >= 11 is 5.75. The second kappa shape index (κ2) is 6.06. The number of halogens is 1. The smallest absolute Gasteiger partial charge is 0.207 e. The molecule has 3 nitrogen and oxygen atoms in total. The van der Waals surface area contributed by atoms with Crippen LogP contribution < -0.4 is 4.72 Å². The quantitative estimate of drug-likeness (QED) is 0.836. The summed E-state index contributed by atoms with van der Waals surface area (Å²) in [5, 5.41) is 0.376. The van der Waals surface area contributed by atoms with Crippen molar-refractivity contribution in [2.24, 2.45) is 0 Å². The maximum absolute atomic E-state index is 12.0. The van der Waals surface area contributed by atoms with Gasteiger partial charge in [0, 0.05) is 5.02 Å². The molecule has 1 atom stereocenters. The number of rotatable bonds is 5. The van der Waals surface area contributed by atoms with E-state index in [1.54, 1.807) is 12.1 Å². The maximum atomic E-state index is 12.0. The fourth-order valence-corrected chi connectivity index (χ4v) is 2.85. The summed E-state index contributed by atoms with van der Waals surface area (Å²) in [6.07, 6.45) is 6.69. The molecule has 0 heterocycles. The first-order valence-corrected chi connectivity index (χ1v) is 7.09. The van der Waals surface area contributed by atoms with Crippen molar-refractivity contribution in [3.8, 4) is 12.3 Å². The fourth-order valence-electron chi connectivity index (χ4n) is 1.35. The molecule has 1 unspecified atom stereocenters. The number of terminal acetylenes is 1. The average Bonchev–Trinajstić information content (AvgIpc) is 2.28. The highest BCUT2D eigenvalue weighted by Crippen LogP contribution is 2.15. The summed E-state index contributed by atoms with van der Waals surface area (Å²) in [4.78, 5) is 0.126. The van der Waals surface area contributed by atoms with Gasteiger partial charge in [0.1, 0.15) is 0 Å². The van der Waals surface area contributed by atoms with Gasteiger partial charge in [0.05, 0.1) is 10.9 Å². The second-order valence-corrected chi connectivity index (χ2v) is 5.74. The van der Waals surface area contributed by atoms with Crippen LogP contribution in [0.4, 0.5) is 0 Å². The lowest BCUT2D eigenvalue weighted by Crippen LogP contribution is -2.33. The minimum atomic E-state index is -3.59. The summed E-state index contributed by atoms with van der Waals surface area (Å²) in [6.45, 7) is 1.94. The van der Waals surface area contributed by atoms with E-state index in [-0.39, 0.29) is 4.90 Å². The van der Waals surface area contributed by atoms with Gasteiger partial charge in [-0.2, -0.15) is 4.72 Å². The fraction of sp³-hybridized carbons (Fsp3) is 0.333. The van der Waals surface area contributed by atoms with Gasteiger partial charge in [0.2, 0.25) is 10.0 Å². The van der Waals surface area contributed by atoms with Crippen molar-refractivity contribution < 1.29 is 8.42 Å². The first-order chi connectivity index (χ1) is 7.99. The third-order valence-corrected chi connectivity index (χ3v) is 3.89. The largest absolute Gasteiger partial charge is 0.241 e. The van der Waals surface area contributed by atoms with Gasteiger partial charge in [-0.1, -0.05) is 36.9 Å². The summed E-state index contributed by atoms with van der Waals surface area (Å²) in [5.74, 6) is 2.42. The Bertz CT molecular complexity index is 520. The zero-order valence-corrected chi connectivity index (χ0v) is 11.1. The Labute approximate surface area is 107 Å². The zero-order valence-electron chi connectivity index (χ0n) is 9.48. The Morgan fingerprint density at radius 3 is 2.76 bits per heavy atom. The number of hydrogen-bond acceptors (Lipinski definition) is 2. The molecule has 0 saturated carbocycles. The topological polar surface area (TPSA) is 46.2 Å². The van der Waals surface area contributed by atoms with Gasteiger partial charge in [-0.3, -0.25) is 0 Å². The van der Waals surface area contributed by atoms with Crippen molar-refractivity contribution in [1.29, 1.82) is 0 Å². The van der Waals surface area contributed by atoms with E-state index in [1.165, 1.54) is 12.1 Å². The van der Waals surface area contributed by atoms with Crippen LogP contribution in [-0.2, 0) is 10.0 Å². The van der Waals surface area contributed by atoms with E-state index in [0.29, 0.717) is 11.4 Å². The van der Waals surface area contributed by atoms with Gasteiger partial charge in [-0.05, 0) is 24.6 Å². The van der Waals surface area contributed by atoms with Gasteiger partial charge < -0.3 is 0 Å². The molecule has 0 aliphatic heterocycles. The Kier molecular flexibility index (Phi) is 5.01. The standard InChI is InChI=1S/C12H14ClNO2S/c1-3-6-11(4-2)14-17(15,16)12-8-5-7-10(13)9-12/h2,5,7-9,11,14H,3,6H2,1H3. The molecule has 0 saturated heterocycles. The van der Waals surface area contributed by atoms with E-state index in [9.17, 15) is 8.42 Å². The van der Waals surface area contributed by atoms with E-state index in [4.69, 9.17) is 18.0 Å². The summed E-state index contributed by atoms with van der Waals surface area (Å²) < 4.78 is 26.4. The molecule has 0 aliphatic rings. The summed E-state index contributed by atoms with van der Waals surface area (Å²) in [7, 11) is -3.59. The summed E-state index contributed by atoms with van der Waals surface area (Å²) in [6, 6.07) is 5.59. The third kappa shape index (κ3) is 4.04. The first kappa shape index (κ1) is 14.0. The molecule has 92 valence electrons. The maximum Gasteiger partial charge on any atom is 0.241 e. The molecular weight excluding hydrogens is 258 g/mol. The molecule has 5 heteroatoms. The average molecular weight is 272 g/mol. The van der Waals surface area contributed by atoms with Gasteiger partial charge >= 0.3 is 0 Å². The molecule has 0 amide bonds. The molecule has 0 fully saturated rings. The van der Waals surface area contributed by atoms with Crippen LogP contribution in [0.25, 0.3) is 0 Å². The van der Waals surface area contributed by atoms with Crippen molar-refractivity contribution >= 4 is 21.6 Å². The van der Waals surface area contributed by atoms with Crippen LogP contribution in [0.5, 0.6) is 0 Å². The second-order valence-electron chi connectivity index (χ2n) is 3.59. The van der Waals surface area contributed by atoms with E-state index >= 15 is 0 Å². The predicted molar refractivity (Wildman–Crippen MR) is 69.3 cm³/mol. The molecule has 1 aromatic rings. The highest BCUT2D eigenvalue weighted by molar-refractivity contribution is 7.89. The molecule has 1 N–H and O–H groups in total. The Hall–Kier alpha value is -1.02. The van der Waals surface area contributed by atoms with E-state index < -0.39 is 16.1 Å². The monoisotopic (exact) mass is 271 g/mol. The highest BCUT2D eigenvalue weighted by atomic mass is 35.5. The Morgan fingerprint density at radius 2 is 2.24 bits per heavy atom. The van der Waals surface area contributed by atoms with Crippen LogP contribution in [0.15, 0.2) is 29.2 Å². The van der Waals surface area contributed by atoms with E-state index in [0.717, 1.165) is 6.42 Å². The molecule has 0 aliphatic carbocycles.